The van der Waals surface area contributed by atoms with Gasteiger partial charge in [-0.3, -0.25) is 15.1 Å². The molecule has 154 valence electrons. The number of nitrogens with zero attached hydrogens (tertiary/aromatic N) is 2. The summed E-state index contributed by atoms with van der Waals surface area (Å²) in [7, 11) is 0. The van der Waals surface area contributed by atoms with Crippen molar-refractivity contribution in [3.05, 3.63) is 50.8 Å². The van der Waals surface area contributed by atoms with E-state index in [1.165, 1.54) is 26.0 Å². The van der Waals surface area contributed by atoms with Crippen molar-refractivity contribution in [2.75, 3.05) is 11.9 Å². The van der Waals surface area contributed by atoms with Gasteiger partial charge in [-0.2, -0.15) is 0 Å². The maximum Gasteiger partial charge on any atom is 0.338 e. The standard InChI is InChI=1S/C19H19BrN2O7/c1-10-15(18(23)24)17(16(19(25)26)11(2)21-10)13-9-12(22(27)28)5-6-14(13)29-8-4-3-7-20/h5-6,9H,3-4,7-8H2,1-2H3,(H,23,24)(H,25,26). The second kappa shape index (κ2) is 9.46. The summed E-state index contributed by atoms with van der Waals surface area (Å²) in [5.74, 6) is -2.60. The van der Waals surface area contributed by atoms with Crippen LogP contribution in [0.2, 0.25) is 0 Å². The van der Waals surface area contributed by atoms with Crippen LogP contribution >= 0.6 is 15.9 Å². The summed E-state index contributed by atoms with van der Waals surface area (Å²) in [4.78, 5) is 38.5. The summed E-state index contributed by atoms with van der Waals surface area (Å²) >= 11 is 3.31. The summed E-state index contributed by atoms with van der Waals surface area (Å²) in [5.41, 5.74) is -0.903. The highest BCUT2D eigenvalue weighted by atomic mass is 79.9. The number of ether oxygens (including phenoxy) is 1. The van der Waals surface area contributed by atoms with Gasteiger partial charge in [0.2, 0.25) is 0 Å². The van der Waals surface area contributed by atoms with Crippen molar-refractivity contribution in [1.82, 2.24) is 4.98 Å². The summed E-state index contributed by atoms with van der Waals surface area (Å²) in [6.07, 6.45) is 1.52. The summed E-state index contributed by atoms with van der Waals surface area (Å²) < 4.78 is 5.73. The Bertz CT molecular complexity index is 937. The number of unbranched alkanes of at least 4 members (excludes halogenated alkanes) is 1. The Kier molecular flexibility index (Phi) is 7.27. The number of hydrogen-bond acceptors (Lipinski definition) is 6. The van der Waals surface area contributed by atoms with E-state index in [-0.39, 0.29) is 51.7 Å². The predicted molar refractivity (Wildman–Crippen MR) is 108 cm³/mol. The number of nitro benzene ring substituents is 1. The summed E-state index contributed by atoms with van der Waals surface area (Å²) in [5, 5.41) is 31.5. The Morgan fingerprint density at radius 3 is 2.21 bits per heavy atom. The van der Waals surface area contributed by atoms with Gasteiger partial charge in [-0.05, 0) is 32.8 Å². The highest BCUT2D eigenvalue weighted by molar-refractivity contribution is 9.09. The minimum Gasteiger partial charge on any atom is -0.493 e. The quantitative estimate of drug-likeness (QED) is 0.242. The zero-order valence-corrected chi connectivity index (χ0v) is 17.4. The number of non-ortho nitro benzene ring substituents is 1. The van der Waals surface area contributed by atoms with E-state index in [4.69, 9.17) is 4.74 Å². The molecule has 0 saturated carbocycles. The van der Waals surface area contributed by atoms with Gasteiger partial charge >= 0.3 is 11.9 Å². The fourth-order valence-corrected chi connectivity index (χ4v) is 3.37. The molecular weight excluding hydrogens is 448 g/mol. The third-order valence-corrected chi connectivity index (χ3v) is 4.78. The van der Waals surface area contributed by atoms with Crippen LogP contribution in [0.25, 0.3) is 11.1 Å². The van der Waals surface area contributed by atoms with E-state index in [1.807, 2.05) is 0 Å². The first kappa shape index (κ1) is 22.3. The van der Waals surface area contributed by atoms with E-state index < -0.39 is 16.9 Å². The van der Waals surface area contributed by atoms with E-state index in [2.05, 4.69) is 20.9 Å². The Morgan fingerprint density at radius 1 is 1.14 bits per heavy atom. The molecule has 1 aromatic heterocycles. The zero-order chi connectivity index (χ0) is 21.7. The first-order valence-corrected chi connectivity index (χ1v) is 9.76. The van der Waals surface area contributed by atoms with Crippen molar-refractivity contribution < 1.29 is 29.5 Å². The number of carbonyl (C=O) groups is 2. The molecule has 0 aliphatic carbocycles. The topological polar surface area (TPSA) is 140 Å². The number of aromatic nitrogens is 1. The number of benzene rings is 1. The second-order valence-electron chi connectivity index (χ2n) is 6.20. The van der Waals surface area contributed by atoms with Gasteiger partial charge in [-0.25, -0.2) is 9.59 Å². The highest BCUT2D eigenvalue weighted by Crippen LogP contribution is 2.39. The van der Waals surface area contributed by atoms with Crippen molar-refractivity contribution in [2.45, 2.75) is 26.7 Å². The van der Waals surface area contributed by atoms with E-state index in [1.54, 1.807) is 0 Å². The van der Waals surface area contributed by atoms with Crippen LogP contribution < -0.4 is 4.74 Å². The van der Waals surface area contributed by atoms with Gasteiger partial charge in [0.25, 0.3) is 5.69 Å². The molecule has 0 bridgehead atoms. The molecule has 2 N–H and O–H groups in total. The predicted octanol–water partition coefficient (Wildman–Crippen LogP) is 4.22. The summed E-state index contributed by atoms with van der Waals surface area (Å²) in [6.45, 7) is 3.17. The molecule has 1 heterocycles. The molecule has 0 radical (unpaired) electrons. The van der Waals surface area contributed by atoms with Crippen LogP contribution in [0.3, 0.4) is 0 Å². The number of pyridine rings is 1. The van der Waals surface area contributed by atoms with Crippen LogP contribution in [0.4, 0.5) is 5.69 Å². The average Bonchev–Trinajstić information content (AvgIpc) is 2.63. The number of carboxylic acids is 2. The number of rotatable bonds is 9. The maximum absolute atomic E-state index is 11.9. The number of aryl methyl sites for hydroxylation is 2. The number of nitro groups is 1. The Hall–Kier alpha value is -3.01. The SMILES string of the molecule is Cc1nc(C)c(C(=O)O)c(-c2cc([N+](=O)[O-])ccc2OCCCCBr)c1C(=O)O. The monoisotopic (exact) mass is 466 g/mol. The third-order valence-electron chi connectivity index (χ3n) is 4.22. The smallest absolute Gasteiger partial charge is 0.338 e. The molecule has 2 rings (SSSR count). The fraction of sp³-hybridized carbons (Fsp3) is 0.316. The van der Waals surface area contributed by atoms with Gasteiger partial charge in [0.1, 0.15) is 5.75 Å². The highest BCUT2D eigenvalue weighted by Gasteiger charge is 2.28. The Morgan fingerprint density at radius 2 is 1.72 bits per heavy atom. The second-order valence-corrected chi connectivity index (χ2v) is 6.99. The van der Waals surface area contributed by atoms with Gasteiger partial charge in [0.05, 0.1) is 34.0 Å². The van der Waals surface area contributed by atoms with Crippen LogP contribution in [-0.4, -0.2) is 44.0 Å². The van der Waals surface area contributed by atoms with Crippen LogP contribution in [0.5, 0.6) is 5.75 Å². The lowest BCUT2D eigenvalue weighted by molar-refractivity contribution is -0.384. The van der Waals surface area contributed by atoms with Crippen LogP contribution in [-0.2, 0) is 0 Å². The van der Waals surface area contributed by atoms with Crippen molar-refractivity contribution in [2.24, 2.45) is 0 Å². The molecule has 0 saturated heterocycles. The van der Waals surface area contributed by atoms with Crippen molar-refractivity contribution in [3.63, 3.8) is 0 Å². The van der Waals surface area contributed by atoms with E-state index in [0.717, 1.165) is 17.8 Å². The largest absolute Gasteiger partial charge is 0.493 e. The number of alkyl halides is 1. The Labute approximate surface area is 174 Å². The molecule has 0 aliphatic rings. The lowest BCUT2D eigenvalue weighted by atomic mass is 9.91. The normalized spacial score (nSPS) is 10.6. The molecule has 0 unspecified atom stereocenters. The van der Waals surface area contributed by atoms with E-state index in [9.17, 15) is 29.9 Å². The van der Waals surface area contributed by atoms with Crippen LogP contribution in [0, 0.1) is 24.0 Å². The number of carboxylic acid groups (broad SMARTS) is 2. The number of halogens is 1. The molecule has 1 aromatic carbocycles. The zero-order valence-electron chi connectivity index (χ0n) is 15.8. The van der Waals surface area contributed by atoms with Crippen molar-refractivity contribution >= 4 is 33.6 Å². The third kappa shape index (κ3) is 4.89. The molecule has 0 aliphatic heterocycles. The van der Waals surface area contributed by atoms with Crippen molar-refractivity contribution in [1.29, 1.82) is 0 Å². The molecular formula is C19H19BrN2O7. The summed E-state index contributed by atoms with van der Waals surface area (Å²) in [6, 6.07) is 3.71. The minimum absolute atomic E-state index is 0.0291. The van der Waals surface area contributed by atoms with Gasteiger partial charge in [0, 0.05) is 28.6 Å². The van der Waals surface area contributed by atoms with Crippen LogP contribution in [0.15, 0.2) is 18.2 Å². The van der Waals surface area contributed by atoms with E-state index in [0.29, 0.717) is 6.42 Å². The fourth-order valence-electron chi connectivity index (χ4n) is 2.97. The molecule has 2 aromatic rings. The number of hydrogen-bond donors (Lipinski definition) is 2. The first-order valence-electron chi connectivity index (χ1n) is 8.64. The van der Waals surface area contributed by atoms with Gasteiger partial charge in [0.15, 0.2) is 0 Å². The maximum atomic E-state index is 11.9. The molecule has 29 heavy (non-hydrogen) atoms. The first-order chi connectivity index (χ1) is 13.7. The van der Waals surface area contributed by atoms with Gasteiger partial charge < -0.3 is 14.9 Å². The number of aromatic carboxylic acids is 2. The van der Waals surface area contributed by atoms with Crippen LogP contribution in [0.1, 0.15) is 44.9 Å². The lowest BCUT2D eigenvalue weighted by Crippen LogP contribution is -2.14. The van der Waals surface area contributed by atoms with Gasteiger partial charge in [-0.15, -0.1) is 0 Å². The molecule has 0 fully saturated rings. The van der Waals surface area contributed by atoms with E-state index >= 15 is 0 Å². The molecule has 9 nitrogen and oxygen atoms in total. The Balaban J connectivity index is 2.83. The molecule has 0 spiro atoms. The van der Waals surface area contributed by atoms with Crippen molar-refractivity contribution in [3.8, 4) is 16.9 Å². The molecule has 0 atom stereocenters. The lowest BCUT2D eigenvalue weighted by Gasteiger charge is -2.18. The molecule has 10 heteroatoms. The average molecular weight is 467 g/mol. The molecule has 0 amide bonds. The minimum atomic E-state index is -1.38. The van der Waals surface area contributed by atoms with Gasteiger partial charge in [-0.1, -0.05) is 15.9 Å².